The molecule has 0 saturated heterocycles. The van der Waals surface area contributed by atoms with Crippen LogP contribution in [0.5, 0.6) is 0 Å². The summed E-state index contributed by atoms with van der Waals surface area (Å²) >= 11 is 1.57. The van der Waals surface area contributed by atoms with Gasteiger partial charge in [-0.05, 0) is 59.4 Å². The van der Waals surface area contributed by atoms with Crippen LogP contribution < -0.4 is 0 Å². The van der Waals surface area contributed by atoms with E-state index in [4.69, 9.17) is 4.74 Å². The third-order valence-electron chi connectivity index (χ3n) is 2.57. The summed E-state index contributed by atoms with van der Waals surface area (Å²) in [7, 11) is -1.27. The van der Waals surface area contributed by atoms with Crippen molar-refractivity contribution in [2.45, 2.75) is 64.7 Å². The molecule has 0 amide bonds. The highest BCUT2D eigenvalue weighted by atomic mass is 32.2. The van der Waals surface area contributed by atoms with E-state index in [1.165, 1.54) is 0 Å². The Kier molecular flexibility index (Phi) is 6.50. The number of rotatable bonds is 5. The minimum Gasteiger partial charge on any atom is -0.460 e. The number of ether oxygens (including phenoxy) is 1. The van der Waals surface area contributed by atoms with Crippen molar-refractivity contribution >= 4 is 34.5 Å². The second kappa shape index (κ2) is 7.51. The summed E-state index contributed by atoms with van der Waals surface area (Å²) in [6.07, 6.45) is 2.58. The maximum absolute atomic E-state index is 11.9. The van der Waals surface area contributed by atoms with Gasteiger partial charge in [-0.25, -0.2) is 4.21 Å². The van der Waals surface area contributed by atoms with Gasteiger partial charge < -0.3 is 4.74 Å². The molecule has 124 valence electrons. The van der Waals surface area contributed by atoms with Crippen LogP contribution in [0.1, 0.15) is 58.4 Å². The number of hydrogen-bond acceptors (Lipinski definition) is 4. The zero-order valence-electron chi connectivity index (χ0n) is 14.1. The molecule has 22 heavy (non-hydrogen) atoms. The molecule has 0 spiro atoms. The normalized spacial score (nSPS) is 14.3. The van der Waals surface area contributed by atoms with Crippen molar-refractivity contribution in [1.29, 1.82) is 0 Å². The zero-order valence-corrected chi connectivity index (χ0v) is 15.8. The largest absolute Gasteiger partial charge is 0.460 e. The molecule has 4 nitrogen and oxygen atoms in total. The summed E-state index contributed by atoms with van der Waals surface area (Å²) in [5.41, 5.74) is 0.464. The molecule has 1 atom stereocenters. The lowest BCUT2D eigenvalue weighted by Gasteiger charge is -2.19. The van der Waals surface area contributed by atoms with Crippen LogP contribution >= 0.6 is 11.3 Å². The first-order chi connectivity index (χ1) is 9.99. The van der Waals surface area contributed by atoms with E-state index in [9.17, 15) is 9.00 Å². The average Bonchev–Trinajstić information content (AvgIpc) is 2.77. The molecule has 0 aliphatic heterocycles. The Labute approximate surface area is 139 Å². The van der Waals surface area contributed by atoms with E-state index in [1.54, 1.807) is 17.6 Å². The smallest absolute Gasteiger partial charge is 0.306 e. The average molecular weight is 344 g/mol. The second-order valence-corrected chi connectivity index (χ2v) is 9.92. The molecule has 0 aliphatic carbocycles. The molecule has 0 saturated carbocycles. The first kappa shape index (κ1) is 19.0. The van der Waals surface area contributed by atoms with Crippen molar-refractivity contribution in [3.63, 3.8) is 0 Å². The minimum absolute atomic E-state index is 0.206. The van der Waals surface area contributed by atoms with Gasteiger partial charge in [0.15, 0.2) is 0 Å². The number of carbonyl (C=O) groups is 1. The van der Waals surface area contributed by atoms with E-state index in [0.717, 1.165) is 10.4 Å². The summed E-state index contributed by atoms with van der Waals surface area (Å²) in [6.45, 7) is 11.2. The topological polar surface area (TPSA) is 55.7 Å². The van der Waals surface area contributed by atoms with Crippen LogP contribution in [-0.2, 0) is 26.9 Å². The van der Waals surface area contributed by atoms with Gasteiger partial charge in [0.25, 0.3) is 0 Å². The fourth-order valence-electron chi connectivity index (χ4n) is 1.54. The number of carbonyl (C=O) groups excluding carboxylic acids is 1. The van der Waals surface area contributed by atoms with Crippen LogP contribution in [0.4, 0.5) is 0 Å². The quantitative estimate of drug-likeness (QED) is 0.602. The Hall–Kier alpha value is -1.01. The van der Waals surface area contributed by atoms with Gasteiger partial charge >= 0.3 is 5.97 Å². The third-order valence-corrected chi connectivity index (χ3v) is 4.91. The third kappa shape index (κ3) is 6.83. The van der Waals surface area contributed by atoms with Crippen molar-refractivity contribution in [2.75, 3.05) is 0 Å². The van der Waals surface area contributed by atoms with Gasteiger partial charge in [-0.1, -0.05) is 0 Å². The molecule has 1 rings (SSSR count). The number of thiophene rings is 1. The molecule has 1 heterocycles. The van der Waals surface area contributed by atoms with Crippen LogP contribution in [0.15, 0.2) is 15.8 Å². The molecule has 0 aromatic carbocycles. The lowest BCUT2D eigenvalue weighted by molar-refractivity contribution is -0.154. The Morgan fingerprint density at radius 1 is 1.32 bits per heavy atom. The van der Waals surface area contributed by atoms with Gasteiger partial charge in [-0.3, -0.25) is 4.79 Å². The highest BCUT2D eigenvalue weighted by Crippen LogP contribution is 2.19. The molecule has 0 unspecified atom stereocenters. The summed E-state index contributed by atoms with van der Waals surface area (Å²) < 4.78 is 21.0. The van der Waals surface area contributed by atoms with Crippen LogP contribution in [0, 0.1) is 0 Å². The number of hydrogen-bond donors (Lipinski definition) is 0. The van der Waals surface area contributed by atoms with Gasteiger partial charge in [0, 0.05) is 16.7 Å². The molecule has 1 aromatic heterocycles. The Morgan fingerprint density at radius 2 is 1.95 bits per heavy atom. The van der Waals surface area contributed by atoms with E-state index in [-0.39, 0.29) is 10.7 Å². The molecule has 0 radical (unpaired) electrons. The van der Waals surface area contributed by atoms with Crippen LogP contribution in [-0.4, -0.2) is 26.7 Å². The van der Waals surface area contributed by atoms with E-state index in [2.05, 4.69) is 4.40 Å². The van der Waals surface area contributed by atoms with Gasteiger partial charge in [0.05, 0.1) is 11.2 Å². The Bertz CT molecular complexity index is 563. The molecule has 0 fully saturated rings. The molecular formula is C16H25NO3S2. The number of nitrogens with zero attached hydrogens (tertiary/aromatic N) is 1. The van der Waals surface area contributed by atoms with Crippen molar-refractivity contribution < 1.29 is 13.7 Å². The van der Waals surface area contributed by atoms with Crippen molar-refractivity contribution in [1.82, 2.24) is 0 Å². The van der Waals surface area contributed by atoms with Crippen molar-refractivity contribution in [2.24, 2.45) is 4.40 Å². The maximum atomic E-state index is 11.9. The first-order valence-corrected chi connectivity index (χ1v) is 9.22. The van der Waals surface area contributed by atoms with Crippen molar-refractivity contribution in [3.8, 4) is 0 Å². The Balaban J connectivity index is 2.65. The lowest BCUT2D eigenvalue weighted by Crippen LogP contribution is -2.24. The highest BCUT2D eigenvalue weighted by molar-refractivity contribution is 7.85. The van der Waals surface area contributed by atoms with E-state index < -0.39 is 16.6 Å². The molecule has 0 bridgehead atoms. The van der Waals surface area contributed by atoms with Crippen molar-refractivity contribution in [3.05, 3.63) is 21.9 Å². The summed E-state index contributed by atoms with van der Waals surface area (Å²) in [6, 6.07) is 1.93. The molecule has 1 aromatic rings. The van der Waals surface area contributed by atoms with E-state index >= 15 is 0 Å². The number of esters is 1. The summed E-state index contributed by atoms with van der Waals surface area (Å²) in [4.78, 5) is 12.8. The predicted octanol–water partition coefficient (Wildman–Crippen LogP) is 3.90. The zero-order chi connectivity index (χ0) is 17.0. The number of aryl methyl sites for hydroxylation is 1. The predicted molar refractivity (Wildman–Crippen MR) is 94.0 cm³/mol. The van der Waals surface area contributed by atoms with Crippen LogP contribution in [0.2, 0.25) is 0 Å². The van der Waals surface area contributed by atoms with Gasteiger partial charge in [-0.2, -0.15) is 4.40 Å². The molecule has 0 N–H and O–H groups in total. The highest BCUT2D eigenvalue weighted by Gasteiger charge is 2.19. The van der Waals surface area contributed by atoms with E-state index in [1.807, 2.05) is 53.0 Å². The van der Waals surface area contributed by atoms with Crippen LogP contribution in [0.25, 0.3) is 0 Å². The van der Waals surface area contributed by atoms with E-state index in [0.29, 0.717) is 12.8 Å². The van der Waals surface area contributed by atoms with Gasteiger partial charge in [-0.15, -0.1) is 11.3 Å². The standard InChI is InChI=1S/C16H25NO3S2/c1-15(2,3)20-14(18)8-7-13-12(9-10-21-13)11-17-22(19)16(4,5)6/h9-11H,7-8H2,1-6H3/b17-11+/t22-/m0/s1. The maximum Gasteiger partial charge on any atom is 0.306 e. The molecular weight excluding hydrogens is 318 g/mol. The first-order valence-electron chi connectivity index (χ1n) is 7.23. The molecule has 6 heteroatoms. The monoisotopic (exact) mass is 343 g/mol. The lowest BCUT2D eigenvalue weighted by atomic mass is 10.1. The summed E-state index contributed by atoms with van der Waals surface area (Å²) in [5.74, 6) is -0.206. The second-order valence-electron chi connectivity index (χ2n) is 6.98. The SMILES string of the molecule is CC(C)(C)OC(=O)CCc1sccc1/C=N/[S@@](=O)C(C)(C)C. The van der Waals surface area contributed by atoms with Gasteiger partial charge in [0.1, 0.15) is 16.6 Å². The van der Waals surface area contributed by atoms with Gasteiger partial charge in [0.2, 0.25) is 0 Å². The Morgan fingerprint density at radius 3 is 2.50 bits per heavy atom. The molecule has 0 aliphatic rings. The fourth-order valence-corrected chi connectivity index (χ4v) is 2.92. The fraction of sp³-hybridized carbons (Fsp3) is 0.625. The minimum atomic E-state index is -1.27. The summed E-state index contributed by atoms with van der Waals surface area (Å²) in [5, 5.41) is 1.95. The van der Waals surface area contributed by atoms with Crippen LogP contribution in [0.3, 0.4) is 0 Å².